The van der Waals surface area contributed by atoms with Crippen molar-refractivity contribution in [1.82, 2.24) is 25.1 Å². The van der Waals surface area contributed by atoms with E-state index in [0.29, 0.717) is 11.0 Å². The Morgan fingerprint density at radius 3 is 2.84 bits per heavy atom. The Balaban J connectivity index is 1.51. The average Bonchev–Trinajstić information content (AvgIpc) is 3.19. The lowest BCUT2D eigenvalue weighted by atomic mass is 10.1. The molecule has 1 saturated heterocycles. The predicted octanol–water partition coefficient (Wildman–Crippen LogP) is 1.25. The number of hydrogen-bond donors (Lipinski definition) is 2. The fourth-order valence-corrected chi connectivity index (χ4v) is 3.64. The van der Waals surface area contributed by atoms with E-state index in [1.165, 1.54) is 16.4 Å². The maximum absolute atomic E-state index is 12.2. The van der Waals surface area contributed by atoms with E-state index in [2.05, 4.69) is 27.3 Å². The van der Waals surface area contributed by atoms with E-state index < -0.39 is 0 Å². The Labute approximate surface area is 151 Å². The molecule has 1 amide bonds. The molecule has 3 N–H and O–H groups in total. The second kappa shape index (κ2) is 7.92. The summed E-state index contributed by atoms with van der Waals surface area (Å²) >= 11 is 1.28. The number of carbonyl (C=O) groups excluding carboxylic acids is 1. The van der Waals surface area contributed by atoms with Crippen molar-refractivity contribution in [2.75, 3.05) is 31.2 Å². The second-order valence-electron chi connectivity index (χ2n) is 6.13. The number of aromatic nitrogens is 3. The van der Waals surface area contributed by atoms with E-state index >= 15 is 0 Å². The van der Waals surface area contributed by atoms with Crippen LogP contribution < -0.4 is 11.2 Å². The molecule has 0 aliphatic carbocycles. The molecule has 1 fully saturated rings. The van der Waals surface area contributed by atoms with Crippen LogP contribution in [0.25, 0.3) is 11.4 Å². The summed E-state index contributed by atoms with van der Waals surface area (Å²) < 4.78 is 6.67. The molecule has 0 unspecified atom stereocenters. The molecule has 3 heterocycles. The molecular weight excluding hydrogens is 340 g/mol. The van der Waals surface area contributed by atoms with Gasteiger partial charge in [0.15, 0.2) is 5.82 Å². The number of piperidine rings is 1. The van der Waals surface area contributed by atoms with Crippen LogP contribution in [-0.4, -0.2) is 57.1 Å². The molecule has 0 bridgehead atoms. The zero-order chi connectivity index (χ0) is 17.8. The Hall–Kier alpha value is -2.00. The first-order valence-corrected chi connectivity index (χ1v) is 9.46. The molecule has 8 nitrogen and oxygen atoms in total. The first-order chi connectivity index (χ1) is 12.1. The number of nitrogen functional groups attached to an aromatic ring is 1. The Kier molecular flexibility index (Phi) is 5.64. The first kappa shape index (κ1) is 17.8. The number of aryl methyl sites for hydroxylation is 1. The fourth-order valence-electron chi connectivity index (χ4n) is 2.97. The van der Waals surface area contributed by atoms with Crippen LogP contribution in [-0.2, 0) is 4.79 Å². The summed E-state index contributed by atoms with van der Waals surface area (Å²) in [5.41, 5.74) is 0.800. The van der Waals surface area contributed by atoms with Gasteiger partial charge in [0.05, 0.1) is 17.6 Å². The Bertz CT molecular complexity index is 720. The van der Waals surface area contributed by atoms with E-state index in [4.69, 9.17) is 10.3 Å². The number of rotatable bonds is 6. The van der Waals surface area contributed by atoms with Crippen LogP contribution in [0.3, 0.4) is 0 Å². The highest BCUT2D eigenvalue weighted by molar-refractivity contribution is 7.99. The molecule has 9 heteroatoms. The van der Waals surface area contributed by atoms with Gasteiger partial charge in [-0.1, -0.05) is 18.7 Å². The summed E-state index contributed by atoms with van der Waals surface area (Å²) in [7, 11) is 0. The van der Waals surface area contributed by atoms with Crippen molar-refractivity contribution in [3.63, 3.8) is 0 Å². The van der Waals surface area contributed by atoms with E-state index in [9.17, 15) is 4.79 Å². The molecule has 0 atom stereocenters. The zero-order valence-electron chi connectivity index (χ0n) is 14.6. The summed E-state index contributed by atoms with van der Waals surface area (Å²) in [5.74, 6) is 7.59. The average molecular weight is 364 g/mol. The third kappa shape index (κ3) is 4.16. The predicted molar refractivity (Wildman–Crippen MR) is 96.6 cm³/mol. The van der Waals surface area contributed by atoms with Crippen LogP contribution in [0.15, 0.2) is 21.9 Å². The van der Waals surface area contributed by atoms with Gasteiger partial charge in [-0.3, -0.25) is 4.79 Å². The molecule has 1 aliphatic rings. The van der Waals surface area contributed by atoms with Crippen molar-refractivity contribution < 1.29 is 9.21 Å². The fraction of sp³-hybridized carbons (Fsp3) is 0.562. The minimum atomic E-state index is 0.00369. The highest BCUT2D eigenvalue weighted by Gasteiger charge is 2.21. The minimum absolute atomic E-state index is 0.00369. The number of nitrogens with two attached hydrogens (primary N) is 1. The van der Waals surface area contributed by atoms with Crippen LogP contribution in [0, 0.1) is 6.92 Å². The SMILES string of the molecule is CCN1CCC(NC(=O)CSc2nnc(-c3ccoc3C)n2N)CC1. The molecule has 0 spiro atoms. The summed E-state index contributed by atoms with van der Waals surface area (Å²) in [5, 5.41) is 11.8. The lowest BCUT2D eigenvalue weighted by molar-refractivity contribution is -0.119. The molecule has 2 aromatic rings. The van der Waals surface area contributed by atoms with Gasteiger partial charge in [0, 0.05) is 19.1 Å². The quantitative estimate of drug-likeness (QED) is 0.587. The standard InChI is InChI=1S/C16H24N6O2S/c1-3-21-7-4-12(5-8-21)18-14(23)10-25-16-20-19-15(22(16)17)13-6-9-24-11(13)2/h6,9,12H,3-5,7-8,10,17H2,1-2H3,(H,18,23). The summed E-state index contributed by atoms with van der Waals surface area (Å²) in [6, 6.07) is 2.06. The highest BCUT2D eigenvalue weighted by Crippen LogP contribution is 2.24. The molecule has 0 saturated carbocycles. The lowest BCUT2D eigenvalue weighted by Gasteiger charge is -2.31. The molecule has 0 aromatic carbocycles. The van der Waals surface area contributed by atoms with Gasteiger partial charge in [0.1, 0.15) is 5.76 Å². The normalized spacial score (nSPS) is 16.2. The van der Waals surface area contributed by atoms with Gasteiger partial charge in [-0.25, -0.2) is 4.68 Å². The maximum Gasteiger partial charge on any atom is 0.230 e. The number of nitrogens with one attached hydrogen (secondary N) is 1. The van der Waals surface area contributed by atoms with Gasteiger partial charge in [-0.15, -0.1) is 10.2 Å². The Morgan fingerprint density at radius 1 is 1.44 bits per heavy atom. The molecule has 1 aliphatic heterocycles. The van der Waals surface area contributed by atoms with Crippen LogP contribution in [0.4, 0.5) is 0 Å². The Morgan fingerprint density at radius 2 is 2.20 bits per heavy atom. The van der Waals surface area contributed by atoms with Gasteiger partial charge < -0.3 is 20.5 Å². The number of hydrogen-bond acceptors (Lipinski definition) is 7. The highest BCUT2D eigenvalue weighted by atomic mass is 32.2. The first-order valence-electron chi connectivity index (χ1n) is 8.48. The number of likely N-dealkylation sites (tertiary alicyclic amines) is 1. The number of amides is 1. The van der Waals surface area contributed by atoms with E-state index in [1.807, 2.05) is 6.92 Å². The molecule has 3 rings (SSSR count). The van der Waals surface area contributed by atoms with Crippen LogP contribution in [0.5, 0.6) is 0 Å². The van der Waals surface area contributed by atoms with Crippen molar-refractivity contribution in [3.05, 3.63) is 18.1 Å². The van der Waals surface area contributed by atoms with E-state index in [-0.39, 0.29) is 17.7 Å². The van der Waals surface area contributed by atoms with E-state index in [1.54, 1.807) is 12.3 Å². The number of furan rings is 1. The largest absolute Gasteiger partial charge is 0.469 e. The summed E-state index contributed by atoms with van der Waals surface area (Å²) in [6.07, 6.45) is 3.59. The number of thioether (sulfide) groups is 1. The van der Waals surface area contributed by atoms with Gasteiger partial charge in [-0.2, -0.15) is 0 Å². The van der Waals surface area contributed by atoms with E-state index in [0.717, 1.165) is 43.8 Å². The lowest BCUT2D eigenvalue weighted by Crippen LogP contribution is -2.45. The monoisotopic (exact) mass is 364 g/mol. The maximum atomic E-state index is 12.2. The third-order valence-corrected chi connectivity index (χ3v) is 5.44. The van der Waals surface area contributed by atoms with Crippen molar-refractivity contribution in [2.24, 2.45) is 0 Å². The second-order valence-corrected chi connectivity index (χ2v) is 7.07. The smallest absolute Gasteiger partial charge is 0.230 e. The molecule has 0 radical (unpaired) electrons. The summed E-state index contributed by atoms with van der Waals surface area (Å²) in [4.78, 5) is 14.6. The van der Waals surface area contributed by atoms with Crippen LogP contribution >= 0.6 is 11.8 Å². The van der Waals surface area contributed by atoms with Crippen LogP contribution in [0.2, 0.25) is 0 Å². The van der Waals surface area contributed by atoms with Crippen molar-refractivity contribution in [1.29, 1.82) is 0 Å². The molecule has 2 aromatic heterocycles. The molecule has 25 heavy (non-hydrogen) atoms. The van der Waals surface area contributed by atoms with Gasteiger partial charge in [-0.05, 0) is 32.4 Å². The topological polar surface area (TPSA) is 102 Å². The van der Waals surface area contributed by atoms with Gasteiger partial charge >= 0.3 is 0 Å². The number of carbonyl (C=O) groups is 1. The third-order valence-electron chi connectivity index (χ3n) is 4.50. The molecular formula is C16H24N6O2S. The minimum Gasteiger partial charge on any atom is -0.469 e. The van der Waals surface area contributed by atoms with Crippen molar-refractivity contribution in [2.45, 2.75) is 37.9 Å². The molecule has 136 valence electrons. The summed E-state index contributed by atoms with van der Waals surface area (Å²) in [6.45, 7) is 7.16. The zero-order valence-corrected chi connectivity index (χ0v) is 15.4. The van der Waals surface area contributed by atoms with Gasteiger partial charge in [0.2, 0.25) is 11.1 Å². The van der Waals surface area contributed by atoms with Crippen molar-refractivity contribution in [3.8, 4) is 11.4 Å². The number of nitrogens with zero attached hydrogens (tertiary/aromatic N) is 4. The van der Waals surface area contributed by atoms with Gasteiger partial charge in [0.25, 0.3) is 0 Å². The van der Waals surface area contributed by atoms with Crippen molar-refractivity contribution >= 4 is 17.7 Å². The van der Waals surface area contributed by atoms with Crippen LogP contribution in [0.1, 0.15) is 25.5 Å².